The Kier molecular flexibility index (Phi) is 2.04. The Balaban J connectivity index is 2.62. The van der Waals surface area contributed by atoms with Crippen LogP contribution in [0.25, 0.3) is 0 Å². The summed E-state index contributed by atoms with van der Waals surface area (Å²) in [4.78, 5) is 10.8. The van der Waals surface area contributed by atoms with Gasteiger partial charge >= 0.3 is 5.97 Å². The number of carbonyl (C=O) groups excluding carboxylic acids is 1. The highest BCUT2D eigenvalue weighted by molar-refractivity contribution is 5.94. The van der Waals surface area contributed by atoms with E-state index >= 15 is 0 Å². The number of hydrogen-bond donors (Lipinski definition) is 1. The van der Waals surface area contributed by atoms with Gasteiger partial charge in [0.25, 0.3) is 0 Å². The van der Waals surface area contributed by atoms with E-state index in [0.29, 0.717) is 12.1 Å². The van der Waals surface area contributed by atoms with Crippen LogP contribution in [0.15, 0.2) is 16.8 Å². The van der Waals surface area contributed by atoms with E-state index in [2.05, 4.69) is 15.3 Å². The molecule has 0 aromatic heterocycles. The third kappa shape index (κ3) is 1.34. The van der Waals surface area contributed by atoms with Crippen molar-refractivity contribution in [3.05, 3.63) is 11.6 Å². The first-order valence-corrected chi connectivity index (χ1v) is 2.88. The molecule has 4 nitrogen and oxygen atoms in total. The molecule has 0 saturated heterocycles. The van der Waals surface area contributed by atoms with Gasteiger partial charge in [0.05, 0.1) is 19.2 Å². The van der Waals surface area contributed by atoms with Crippen molar-refractivity contribution in [1.29, 1.82) is 0 Å². The number of hydrazone groups is 1. The normalized spacial score (nSPS) is 15.5. The fourth-order valence-electron chi connectivity index (χ4n) is 0.641. The molecule has 0 amide bonds. The van der Waals surface area contributed by atoms with Crippen LogP contribution in [0, 0.1) is 0 Å². The number of methoxy groups -OCH3 is 1. The molecule has 0 spiro atoms. The van der Waals surface area contributed by atoms with Crippen molar-refractivity contribution >= 4 is 12.2 Å². The molecule has 1 aliphatic heterocycles. The predicted molar refractivity (Wildman–Crippen MR) is 36.6 cm³/mol. The number of ether oxygens (including phenoxy) is 1. The van der Waals surface area contributed by atoms with Crippen LogP contribution in [0.5, 0.6) is 0 Å². The Labute approximate surface area is 58.6 Å². The Morgan fingerprint density at radius 2 is 2.70 bits per heavy atom. The maximum absolute atomic E-state index is 10.8. The Hall–Kier alpha value is -1.32. The van der Waals surface area contributed by atoms with Crippen molar-refractivity contribution in [3.63, 3.8) is 0 Å². The molecule has 54 valence electrons. The van der Waals surface area contributed by atoms with Crippen molar-refractivity contribution < 1.29 is 9.53 Å². The zero-order chi connectivity index (χ0) is 7.40. The lowest BCUT2D eigenvalue weighted by Gasteiger charge is -2.06. The van der Waals surface area contributed by atoms with Crippen molar-refractivity contribution in [2.75, 3.05) is 13.7 Å². The molecule has 1 heterocycles. The molecule has 0 fully saturated rings. The first-order valence-electron chi connectivity index (χ1n) is 2.88. The van der Waals surface area contributed by atoms with Crippen LogP contribution in [-0.2, 0) is 9.53 Å². The zero-order valence-electron chi connectivity index (χ0n) is 5.63. The number of carbonyl (C=O) groups is 1. The number of esters is 1. The minimum atomic E-state index is -0.307. The van der Waals surface area contributed by atoms with Crippen molar-refractivity contribution in [2.45, 2.75) is 0 Å². The summed E-state index contributed by atoms with van der Waals surface area (Å²) < 4.78 is 4.48. The van der Waals surface area contributed by atoms with Gasteiger partial charge in [-0.2, -0.15) is 5.10 Å². The summed E-state index contributed by atoms with van der Waals surface area (Å²) in [5.41, 5.74) is 3.25. The third-order valence-electron chi connectivity index (χ3n) is 1.16. The van der Waals surface area contributed by atoms with Gasteiger partial charge in [0.1, 0.15) is 0 Å². The van der Waals surface area contributed by atoms with Crippen LogP contribution >= 0.6 is 0 Å². The summed E-state index contributed by atoms with van der Waals surface area (Å²) >= 11 is 0. The third-order valence-corrected chi connectivity index (χ3v) is 1.16. The molecule has 0 bridgehead atoms. The standard InChI is InChI=1S/C6H8N2O2/c1-10-6(9)5-2-3-7-8-4-5/h2-3,8H,4H2,1H3. The molecular formula is C6H8N2O2. The van der Waals surface area contributed by atoms with Gasteiger partial charge in [0.2, 0.25) is 0 Å². The number of rotatable bonds is 1. The summed E-state index contributed by atoms with van der Waals surface area (Å²) in [5.74, 6) is -0.307. The van der Waals surface area contributed by atoms with Crippen LogP contribution < -0.4 is 5.43 Å². The van der Waals surface area contributed by atoms with E-state index < -0.39 is 0 Å². The van der Waals surface area contributed by atoms with Crippen molar-refractivity contribution in [3.8, 4) is 0 Å². The molecular weight excluding hydrogens is 132 g/mol. The van der Waals surface area contributed by atoms with E-state index in [1.807, 2.05) is 0 Å². The fraction of sp³-hybridized carbons (Fsp3) is 0.333. The topological polar surface area (TPSA) is 50.7 Å². The highest BCUT2D eigenvalue weighted by Gasteiger charge is 2.08. The highest BCUT2D eigenvalue weighted by atomic mass is 16.5. The van der Waals surface area contributed by atoms with E-state index in [1.54, 1.807) is 6.08 Å². The average molecular weight is 140 g/mol. The molecule has 0 aromatic carbocycles. The Morgan fingerprint density at radius 1 is 1.90 bits per heavy atom. The van der Waals surface area contributed by atoms with Gasteiger partial charge in [-0.25, -0.2) is 4.79 Å². The minimum absolute atomic E-state index is 0.307. The van der Waals surface area contributed by atoms with Gasteiger partial charge in [0, 0.05) is 6.21 Å². The molecule has 4 heteroatoms. The van der Waals surface area contributed by atoms with Gasteiger partial charge in [-0.05, 0) is 6.08 Å². The summed E-state index contributed by atoms with van der Waals surface area (Å²) in [6.07, 6.45) is 3.15. The maximum atomic E-state index is 10.8. The quantitative estimate of drug-likeness (QED) is 0.507. The van der Waals surface area contributed by atoms with Crippen LogP contribution in [0.2, 0.25) is 0 Å². The lowest BCUT2D eigenvalue weighted by atomic mass is 10.2. The molecule has 10 heavy (non-hydrogen) atoms. The summed E-state index contributed by atoms with van der Waals surface area (Å²) in [5, 5.41) is 3.68. The second-order valence-corrected chi connectivity index (χ2v) is 1.80. The molecule has 0 saturated carbocycles. The predicted octanol–water partition coefficient (Wildman–Crippen LogP) is -0.325. The van der Waals surface area contributed by atoms with E-state index in [4.69, 9.17) is 0 Å². The molecule has 1 aliphatic rings. The lowest BCUT2D eigenvalue weighted by Crippen LogP contribution is -2.20. The molecule has 0 aromatic rings. The van der Waals surface area contributed by atoms with E-state index in [-0.39, 0.29) is 5.97 Å². The maximum Gasteiger partial charge on any atom is 0.335 e. The molecule has 1 rings (SSSR count). The second kappa shape index (κ2) is 3.00. The van der Waals surface area contributed by atoms with Crippen molar-refractivity contribution in [1.82, 2.24) is 5.43 Å². The first-order chi connectivity index (χ1) is 4.84. The number of nitrogens with zero attached hydrogens (tertiary/aromatic N) is 1. The first kappa shape index (κ1) is 6.80. The van der Waals surface area contributed by atoms with Crippen molar-refractivity contribution in [2.24, 2.45) is 5.10 Å². The molecule has 0 unspecified atom stereocenters. The van der Waals surface area contributed by atoms with Gasteiger partial charge in [-0.15, -0.1) is 0 Å². The average Bonchev–Trinajstić information content (AvgIpc) is 2.05. The van der Waals surface area contributed by atoms with Gasteiger partial charge in [0.15, 0.2) is 0 Å². The number of hydrogen-bond acceptors (Lipinski definition) is 4. The van der Waals surface area contributed by atoms with Crippen LogP contribution in [-0.4, -0.2) is 25.8 Å². The summed E-state index contributed by atoms with van der Waals surface area (Å²) in [7, 11) is 1.36. The number of nitrogens with one attached hydrogen (secondary N) is 1. The molecule has 0 radical (unpaired) electrons. The smallest absolute Gasteiger partial charge is 0.335 e. The molecule has 0 atom stereocenters. The summed E-state index contributed by atoms with van der Waals surface area (Å²) in [6, 6.07) is 0. The van der Waals surface area contributed by atoms with Crippen LogP contribution in [0.3, 0.4) is 0 Å². The monoisotopic (exact) mass is 140 g/mol. The van der Waals surface area contributed by atoms with Crippen LogP contribution in [0.4, 0.5) is 0 Å². The number of allylic oxidation sites excluding steroid dienone is 1. The highest BCUT2D eigenvalue weighted by Crippen LogP contribution is 1.96. The van der Waals surface area contributed by atoms with Gasteiger partial charge < -0.3 is 10.2 Å². The Bertz CT molecular complexity index is 196. The largest absolute Gasteiger partial charge is 0.466 e. The van der Waals surface area contributed by atoms with Crippen LogP contribution in [0.1, 0.15) is 0 Å². The fourth-order valence-corrected chi connectivity index (χ4v) is 0.641. The zero-order valence-corrected chi connectivity index (χ0v) is 5.63. The Morgan fingerprint density at radius 3 is 3.20 bits per heavy atom. The van der Waals surface area contributed by atoms with E-state index in [1.165, 1.54) is 13.3 Å². The van der Waals surface area contributed by atoms with Gasteiger partial charge in [-0.3, -0.25) is 0 Å². The molecule has 1 N–H and O–H groups in total. The summed E-state index contributed by atoms with van der Waals surface area (Å²) in [6.45, 7) is 0.448. The van der Waals surface area contributed by atoms with E-state index in [0.717, 1.165) is 0 Å². The van der Waals surface area contributed by atoms with Gasteiger partial charge in [-0.1, -0.05) is 0 Å². The second-order valence-electron chi connectivity index (χ2n) is 1.80. The van der Waals surface area contributed by atoms with E-state index in [9.17, 15) is 4.79 Å². The lowest BCUT2D eigenvalue weighted by molar-refractivity contribution is -0.136. The minimum Gasteiger partial charge on any atom is -0.466 e. The molecule has 0 aliphatic carbocycles. The SMILES string of the molecule is COC(=O)C1=CC=NNC1.